The summed E-state index contributed by atoms with van der Waals surface area (Å²) in [5, 5.41) is 5.28. The molecule has 0 saturated carbocycles. The van der Waals surface area contributed by atoms with E-state index < -0.39 is 5.82 Å². The minimum Gasteiger partial charge on any atom is -0.483 e. The molecule has 2 rings (SSSR count). The second-order valence-electron chi connectivity index (χ2n) is 5.01. The van der Waals surface area contributed by atoms with Gasteiger partial charge < -0.3 is 15.4 Å². The molecule has 0 unspecified atom stereocenters. The monoisotopic (exact) mass is 316 g/mol. The van der Waals surface area contributed by atoms with E-state index in [2.05, 4.69) is 10.6 Å². The van der Waals surface area contributed by atoms with Crippen LogP contribution in [0.4, 0.5) is 15.8 Å². The molecular formula is C17H17FN2O3. The van der Waals surface area contributed by atoms with E-state index in [9.17, 15) is 14.0 Å². The maximum Gasteiger partial charge on any atom is 0.262 e. The third-order valence-corrected chi connectivity index (χ3v) is 2.98. The second kappa shape index (κ2) is 7.40. The first-order valence-corrected chi connectivity index (χ1v) is 7.00. The fourth-order valence-corrected chi connectivity index (χ4v) is 1.95. The van der Waals surface area contributed by atoms with Gasteiger partial charge in [0.05, 0.1) is 0 Å². The first-order valence-electron chi connectivity index (χ1n) is 7.00. The summed E-state index contributed by atoms with van der Waals surface area (Å²) >= 11 is 0. The molecule has 2 aromatic rings. The zero-order valence-corrected chi connectivity index (χ0v) is 12.9. The van der Waals surface area contributed by atoms with Crippen molar-refractivity contribution < 1.29 is 18.7 Å². The lowest BCUT2D eigenvalue weighted by atomic mass is 10.2. The number of anilines is 2. The van der Waals surface area contributed by atoms with Gasteiger partial charge in [-0.2, -0.15) is 0 Å². The van der Waals surface area contributed by atoms with Gasteiger partial charge in [-0.1, -0.05) is 12.1 Å². The van der Waals surface area contributed by atoms with E-state index in [0.717, 1.165) is 5.56 Å². The van der Waals surface area contributed by atoms with E-state index in [1.165, 1.54) is 19.1 Å². The number of benzene rings is 2. The Bertz CT molecular complexity index is 732. The van der Waals surface area contributed by atoms with Gasteiger partial charge >= 0.3 is 0 Å². The lowest BCUT2D eigenvalue weighted by Crippen LogP contribution is -2.20. The number of rotatable bonds is 5. The molecule has 120 valence electrons. The summed E-state index contributed by atoms with van der Waals surface area (Å²) in [6.45, 7) is 2.93. The van der Waals surface area contributed by atoms with Crippen molar-refractivity contribution in [2.75, 3.05) is 17.2 Å². The maximum atomic E-state index is 13.2. The average Bonchev–Trinajstić information content (AvgIpc) is 2.48. The van der Waals surface area contributed by atoms with Gasteiger partial charge in [0.25, 0.3) is 5.91 Å². The Kier molecular flexibility index (Phi) is 5.30. The Morgan fingerprint density at radius 1 is 1.09 bits per heavy atom. The molecule has 0 aromatic heterocycles. The molecule has 0 heterocycles. The molecular weight excluding hydrogens is 299 g/mol. The topological polar surface area (TPSA) is 67.4 Å². The number of ether oxygens (including phenoxy) is 1. The minimum absolute atomic E-state index is 0.196. The van der Waals surface area contributed by atoms with Crippen molar-refractivity contribution in [1.82, 2.24) is 0 Å². The molecule has 23 heavy (non-hydrogen) atoms. The number of carbonyl (C=O) groups excluding carboxylic acids is 2. The average molecular weight is 316 g/mol. The zero-order valence-electron chi connectivity index (χ0n) is 12.9. The Morgan fingerprint density at radius 3 is 2.48 bits per heavy atom. The van der Waals surface area contributed by atoms with Gasteiger partial charge in [0.1, 0.15) is 11.6 Å². The molecule has 5 nitrogen and oxygen atoms in total. The van der Waals surface area contributed by atoms with Crippen LogP contribution in [0.5, 0.6) is 5.75 Å². The van der Waals surface area contributed by atoms with Crippen LogP contribution >= 0.6 is 0 Å². The maximum absolute atomic E-state index is 13.2. The molecule has 0 atom stereocenters. The van der Waals surface area contributed by atoms with Crippen molar-refractivity contribution in [2.24, 2.45) is 0 Å². The molecule has 2 aromatic carbocycles. The number of hydrogen-bond donors (Lipinski definition) is 2. The molecule has 2 amide bonds. The number of amides is 2. The summed E-state index contributed by atoms with van der Waals surface area (Å²) in [5.74, 6) is -0.673. The van der Waals surface area contributed by atoms with E-state index in [4.69, 9.17) is 4.74 Å². The standard InChI is InChI=1S/C17H17FN2O3/c1-11-6-7-13(18)8-16(11)23-10-17(22)20-15-5-3-4-14(9-15)19-12(2)21/h3-9H,10H2,1-2H3,(H,19,21)(H,20,22). The highest BCUT2D eigenvalue weighted by Crippen LogP contribution is 2.19. The fourth-order valence-electron chi connectivity index (χ4n) is 1.95. The van der Waals surface area contributed by atoms with Crippen LogP contribution in [0.2, 0.25) is 0 Å². The zero-order chi connectivity index (χ0) is 16.8. The first-order chi connectivity index (χ1) is 10.9. The van der Waals surface area contributed by atoms with Crippen LogP contribution in [0.15, 0.2) is 42.5 Å². The number of aryl methyl sites for hydroxylation is 1. The van der Waals surface area contributed by atoms with Gasteiger partial charge in [-0.3, -0.25) is 9.59 Å². The van der Waals surface area contributed by atoms with Crippen LogP contribution < -0.4 is 15.4 Å². The normalized spacial score (nSPS) is 10.0. The predicted octanol–water partition coefficient (Wildman–Crippen LogP) is 3.11. The fraction of sp³-hybridized carbons (Fsp3) is 0.176. The highest BCUT2D eigenvalue weighted by Gasteiger charge is 2.07. The van der Waals surface area contributed by atoms with Gasteiger partial charge in [0.2, 0.25) is 5.91 Å². The minimum atomic E-state index is -0.422. The van der Waals surface area contributed by atoms with Gasteiger partial charge in [-0.15, -0.1) is 0 Å². The summed E-state index contributed by atoms with van der Waals surface area (Å²) in [6.07, 6.45) is 0. The Hall–Kier alpha value is -2.89. The van der Waals surface area contributed by atoms with E-state index >= 15 is 0 Å². The van der Waals surface area contributed by atoms with Crippen LogP contribution in [0.25, 0.3) is 0 Å². The van der Waals surface area contributed by atoms with E-state index in [0.29, 0.717) is 17.1 Å². The molecule has 0 spiro atoms. The summed E-state index contributed by atoms with van der Waals surface area (Å²) in [4.78, 5) is 22.9. The summed E-state index contributed by atoms with van der Waals surface area (Å²) in [6, 6.07) is 10.9. The van der Waals surface area contributed by atoms with Crippen molar-refractivity contribution in [3.63, 3.8) is 0 Å². The van der Waals surface area contributed by atoms with Gasteiger partial charge in [0, 0.05) is 24.4 Å². The summed E-state index contributed by atoms with van der Waals surface area (Å²) in [5.41, 5.74) is 1.85. The molecule has 0 fully saturated rings. The first kappa shape index (κ1) is 16.5. The molecule has 0 bridgehead atoms. The van der Waals surface area contributed by atoms with Crippen molar-refractivity contribution in [3.8, 4) is 5.75 Å². The largest absolute Gasteiger partial charge is 0.483 e. The number of carbonyl (C=O) groups is 2. The van der Waals surface area contributed by atoms with Crippen molar-refractivity contribution in [2.45, 2.75) is 13.8 Å². The lowest BCUT2D eigenvalue weighted by Gasteiger charge is -2.10. The third-order valence-electron chi connectivity index (χ3n) is 2.98. The Morgan fingerprint density at radius 2 is 1.78 bits per heavy atom. The molecule has 0 saturated heterocycles. The summed E-state index contributed by atoms with van der Waals surface area (Å²) < 4.78 is 18.5. The van der Waals surface area contributed by atoms with Crippen LogP contribution in [-0.4, -0.2) is 18.4 Å². The highest BCUT2D eigenvalue weighted by atomic mass is 19.1. The van der Waals surface area contributed by atoms with Gasteiger partial charge in [-0.25, -0.2) is 4.39 Å². The lowest BCUT2D eigenvalue weighted by molar-refractivity contribution is -0.118. The number of hydrogen-bond acceptors (Lipinski definition) is 3. The van der Waals surface area contributed by atoms with Crippen molar-refractivity contribution in [1.29, 1.82) is 0 Å². The SMILES string of the molecule is CC(=O)Nc1cccc(NC(=O)COc2cc(F)ccc2C)c1. The number of halogens is 1. The van der Waals surface area contributed by atoms with E-state index in [1.54, 1.807) is 37.3 Å². The van der Waals surface area contributed by atoms with Crippen molar-refractivity contribution in [3.05, 3.63) is 53.8 Å². The van der Waals surface area contributed by atoms with Gasteiger partial charge in [0.15, 0.2) is 6.61 Å². The Balaban J connectivity index is 1.94. The quantitative estimate of drug-likeness (QED) is 0.890. The molecule has 6 heteroatoms. The highest BCUT2D eigenvalue weighted by molar-refractivity contribution is 5.94. The van der Waals surface area contributed by atoms with Gasteiger partial charge in [-0.05, 0) is 36.8 Å². The molecule has 0 aliphatic rings. The number of nitrogens with one attached hydrogen (secondary N) is 2. The van der Waals surface area contributed by atoms with E-state index in [-0.39, 0.29) is 18.4 Å². The summed E-state index contributed by atoms with van der Waals surface area (Å²) in [7, 11) is 0. The van der Waals surface area contributed by atoms with Crippen LogP contribution in [0.1, 0.15) is 12.5 Å². The predicted molar refractivity (Wildman–Crippen MR) is 86.0 cm³/mol. The van der Waals surface area contributed by atoms with Crippen LogP contribution in [0, 0.1) is 12.7 Å². The van der Waals surface area contributed by atoms with E-state index in [1.807, 2.05) is 0 Å². The Labute approximate surface area is 133 Å². The third kappa shape index (κ3) is 5.10. The molecule has 0 radical (unpaired) electrons. The van der Waals surface area contributed by atoms with Crippen LogP contribution in [0.3, 0.4) is 0 Å². The smallest absolute Gasteiger partial charge is 0.262 e. The second-order valence-corrected chi connectivity index (χ2v) is 5.01. The molecule has 0 aliphatic carbocycles. The molecule has 0 aliphatic heterocycles. The molecule has 2 N–H and O–H groups in total. The van der Waals surface area contributed by atoms with Crippen molar-refractivity contribution >= 4 is 23.2 Å². The van der Waals surface area contributed by atoms with Crippen LogP contribution in [-0.2, 0) is 9.59 Å².